The van der Waals surface area contributed by atoms with Gasteiger partial charge in [-0.1, -0.05) is 13.3 Å². The van der Waals surface area contributed by atoms with E-state index in [-0.39, 0.29) is 6.04 Å². The summed E-state index contributed by atoms with van der Waals surface area (Å²) in [4.78, 5) is 18.6. The number of unbranched alkanes of at least 4 members (excludes halogenated alkanes) is 1. The average molecular weight is 252 g/mol. The molecule has 94 valence electrons. The van der Waals surface area contributed by atoms with Crippen LogP contribution >= 0.6 is 11.3 Å². The molecule has 1 aliphatic rings. The first-order chi connectivity index (χ1) is 8.33. The van der Waals surface area contributed by atoms with Gasteiger partial charge in [-0.05, 0) is 25.7 Å². The van der Waals surface area contributed by atoms with Crippen LogP contribution in [0.3, 0.4) is 0 Å². The molecule has 2 rings (SSSR count). The molecule has 1 atom stereocenters. The second-order valence-electron chi connectivity index (χ2n) is 4.57. The van der Waals surface area contributed by atoms with Gasteiger partial charge in [0.1, 0.15) is 5.01 Å². The summed E-state index contributed by atoms with van der Waals surface area (Å²) < 4.78 is 0. The van der Waals surface area contributed by atoms with Crippen LogP contribution in [-0.4, -0.2) is 22.3 Å². The lowest BCUT2D eigenvalue weighted by molar-refractivity contribution is -0.135. The number of likely N-dealkylation sites (tertiary alicyclic amines) is 1. The molecular weight excluding hydrogens is 232 g/mol. The molecule has 0 radical (unpaired) electrons. The van der Waals surface area contributed by atoms with E-state index in [4.69, 9.17) is 0 Å². The molecule has 3 nitrogen and oxygen atoms in total. The highest BCUT2D eigenvalue weighted by molar-refractivity contribution is 7.09. The Morgan fingerprint density at radius 3 is 3.18 bits per heavy atom. The SMILES string of the molecule is CCCCC(=O)N1CCCCC1c1nccs1. The van der Waals surface area contributed by atoms with E-state index in [1.165, 1.54) is 6.42 Å². The van der Waals surface area contributed by atoms with Crippen LogP contribution < -0.4 is 0 Å². The van der Waals surface area contributed by atoms with Crippen LogP contribution in [0.15, 0.2) is 11.6 Å². The third-order valence-corrected chi connectivity index (χ3v) is 4.18. The largest absolute Gasteiger partial charge is 0.333 e. The maximum absolute atomic E-state index is 12.2. The molecule has 1 saturated heterocycles. The molecule has 1 amide bonds. The lowest BCUT2D eigenvalue weighted by Gasteiger charge is -2.34. The third-order valence-electron chi connectivity index (χ3n) is 3.30. The van der Waals surface area contributed by atoms with Gasteiger partial charge >= 0.3 is 0 Å². The summed E-state index contributed by atoms with van der Waals surface area (Å²) in [5, 5.41) is 3.10. The molecular formula is C13H20N2OS. The Labute approximate surface area is 107 Å². The van der Waals surface area contributed by atoms with Crippen LogP contribution in [0.1, 0.15) is 56.5 Å². The molecule has 2 heterocycles. The maximum atomic E-state index is 12.2. The molecule has 0 aromatic carbocycles. The number of thiazole rings is 1. The molecule has 4 heteroatoms. The Bertz CT molecular complexity index is 350. The molecule has 0 saturated carbocycles. The second-order valence-corrected chi connectivity index (χ2v) is 5.50. The first-order valence-corrected chi connectivity index (χ1v) is 7.39. The Kier molecular flexibility index (Phi) is 4.54. The van der Waals surface area contributed by atoms with Crippen LogP contribution in [0.5, 0.6) is 0 Å². The first kappa shape index (κ1) is 12.6. The summed E-state index contributed by atoms with van der Waals surface area (Å²) in [6, 6.07) is 0.244. The van der Waals surface area contributed by atoms with E-state index in [1.54, 1.807) is 11.3 Å². The van der Waals surface area contributed by atoms with Gasteiger partial charge in [-0.2, -0.15) is 0 Å². The van der Waals surface area contributed by atoms with Crippen molar-refractivity contribution in [1.29, 1.82) is 0 Å². The minimum Gasteiger partial charge on any atom is -0.333 e. The van der Waals surface area contributed by atoms with E-state index in [9.17, 15) is 4.79 Å². The molecule has 17 heavy (non-hydrogen) atoms. The standard InChI is InChI=1S/C13H20N2OS/c1-2-3-7-12(16)15-9-5-4-6-11(15)13-14-8-10-17-13/h8,10-11H,2-7,9H2,1H3. The Hall–Kier alpha value is -0.900. The minimum absolute atomic E-state index is 0.244. The predicted octanol–water partition coefficient (Wildman–Crippen LogP) is 3.39. The van der Waals surface area contributed by atoms with Crippen molar-refractivity contribution in [2.45, 2.75) is 51.5 Å². The van der Waals surface area contributed by atoms with Crippen molar-refractivity contribution in [2.75, 3.05) is 6.54 Å². The topological polar surface area (TPSA) is 33.2 Å². The Morgan fingerprint density at radius 2 is 2.47 bits per heavy atom. The zero-order valence-corrected chi connectivity index (χ0v) is 11.2. The zero-order valence-electron chi connectivity index (χ0n) is 10.4. The van der Waals surface area contributed by atoms with Crippen LogP contribution in [-0.2, 0) is 4.79 Å². The molecule has 1 unspecified atom stereocenters. The van der Waals surface area contributed by atoms with Crippen LogP contribution in [0.2, 0.25) is 0 Å². The number of carbonyl (C=O) groups is 1. The van der Waals surface area contributed by atoms with Crippen LogP contribution in [0, 0.1) is 0 Å². The number of carbonyl (C=O) groups excluding carboxylic acids is 1. The number of nitrogens with zero attached hydrogens (tertiary/aromatic N) is 2. The molecule has 1 fully saturated rings. The third kappa shape index (κ3) is 3.06. The van der Waals surface area contributed by atoms with Crippen molar-refractivity contribution in [2.24, 2.45) is 0 Å². The molecule has 0 N–H and O–H groups in total. The van der Waals surface area contributed by atoms with Crippen molar-refractivity contribution in [3.05, 3.63) is 16.6 Å². The normalized spacial score (nSPS) is 20.5. The maximum Gasteiger partial charge on any atom is 0.223 e. The average Bonchev–Trinajstić information content (AvgIpc) is 2.89. The van der Waals surface area contributed by atoms with Crippen molar-refractivity contribution >= 4 is 17.2 Å². The quantitative estimate of drug-likeness (QED) is 0.823. The van der Waals surface area contributed by atoms with Gasteiger partial charge in [0.2, 0.25) is 5.91 Å². The highest BCUT2D eigenvalue weighted by Crippen LogP contribution is 2.32. The molecule has 0 aliphatic carbocycles. The lowest BCUT2D eigenvalue weighted by Crippen LogP contribution is -2.38. The number of rotatable bonds is 4. The minimum atomic E-state index is 0.244. The summed E-state index contributed by atoms with van der Waals surface area (Å²) in [5.41, 5.74) is 0. The van der Waals surface area contributed by atoms with E-state index >= 15 is 0 Å². The van der Waals surface area contributed by atoms with E-state index in [2.05, 4.69) is 16.8 Å². The lowest BCUT2D eigenvalue weighted by atomic mass is 10.0. The summed E-state index contributed by atoms with van der Waals surface area (Å²) in [6.07, 6.45) is 8.04. The fourth-order valence-electron chi connectivity index (χ4n) is 2.36. The van der Waals surface area contributed by atoms with Crippen LogP contribution in [0.4, 0.5) is 0 Å². The zero-order chi connectivity index (χ0) is 12.1. The van der Waals surface area contributed by atoms with Crippen molar-refractivity contribution in [1.82, 2.24) is 9.88 Å². The molecule has 0 spiro atoms. The van der Waals surface area contributed by atoms with Gasteiger partial charge in [0.15, 0.2) is 0 Å². The summed E-state index contributed by atoms with van der Waals surface area (Å²) in [7, 11) is 0. The number of hydrogen-bond donors (Lipinski definition) is 0. The molecule has 1 aromatic heterocycles. The summed E-state index contributed by atoms with van der Waals surface area (Å²) >= 11 is 1.67. The van der Waals surface area contributed by atoms with E-state index in [0.29, 0.717) is 12.3 Å². The summed E-state index contributed by atoms with van der Waals surface area (Å²) in [6.45, 7) is 3.04. The summed E-state index contributed by atoms with van der Waals surface area (Å²) in [5.74, 6) is 0.312. The molecule has 1 aliphatic heterocycles. The number of amides is 1. The van der Waals surface area contributed by atoms with E-state index in [1.807, 2.05) is 11.6 Å². The van der Waals surface area contributed by atoms with E-state index in [0.717, 1.165) is 37.2 Å². The van der Waals surface area contributed by atoms with Gasteiger partial charge in [-0.25, -0.2) is 4.98 Å². The van der Waals surface area contributed by atoms with Crippen molar-refractivity contribution < 1.29 is 4.79 Å². The number of piperidine rings is 1. The molecule has 1 aromatic rings. The first-order valence-electron chi connectivity index (χ1n) is 6.51. The smallest absolute Gasteiger partial charge is 0.223 e. The van der Waals surface area contributed by atoms with E-state index < -0.39 is 0 Å². The monoisotopic (exact) mass is 252 g/mol. The van der Waals surface area contributed by atoms with Crippen molar-refractivity contribution in [3.63, 3.8) is 0 Å². The predicted molar refractivity (Wildman–Crippen MR) is 69.9 cm³/mol. The van der Waals surface area contributed by atoms with Gasteiger partial charge in [-0.15, -0.1) is 11.3 Å². The number of aromatic nitrogens is 1. The van der Waals surface area contributed by atoms with Crippen molar-refractivity contribution in [3.8, 4) is 0 Å². The van der Waals surface area contributed by atoms with Gasteiger partial charge < -0.3 is 4.90 Å². The highest BCUT2D eigenvalue weighted by atomic mass is 32.1. The van der Waals surface area contributed by atoms with Gasteiger partial charge in [0, 0.05) is 24.5 Å². The van der Waals surface area contributed by atoms with Crippen LogP contribution in [0.25, 0.3) is 0 Å². The van der Waals surface area contributed by atoms with Gasteiger partial charge in [0.05, 0.1) is 6.04 Å². The second kappa shape index (κ2) is 6.15. The van der Waals surface area contributed by atoms with Gasteiger partial charge in [-0.3, -0.25) is 4.79 Å². The highest BCUT2D eigenvalue weighted by Gasteiger charge is 2.28. The molecule has 0 bridgehead atoms. The number of hydrogen-bond acceptors (Lipinski definition) is 3. The Morgan fingerprint density at radius 1 is 1.59 bits per heavy atom. The fourth-order valence-corrected chi connectivity index (χ4v) is 3.14. The Balaban J connectivity index is 2.04. The fraction of sp³-hybridized carbons (Fsp3) is 0.692. The van der Waals surface area contributed by atoms with Gasteiger partial charge in [0.25, 0.3) is 0 Å².